The lowest BCUT2D eigenvalue weighted by Crippen LogP contribution is -2.32. The zero-order valence-corrected chi connectivity index (χ0v) is 16.8. The summed E-state index contributed by atoms with van der Waals surface area (Å²) in [6, 6.07) is 8.24. The van der Waals surface area contributed by atoms with Gasteiger partial charge in [-0.05, 0) is 87.8 Å². The van der Waals surface area contributed by atoms with Gasteiger partial charge in [0, 0.05) is 17.3 Å². The van der Waals surface area contributed by atoms with E-state index in [0.717, 1.165) is 25.1 Å². The first-order valence-electron chi connectivity index (χ1n) is 10.4. The van der Waals surface area contributed by atoms with Crippen molar-refractivity contribution in [2.75, 3.05) is 25.0 Å². The number of carbonyl (C=O) groups is 1. The number of nitrogens with one attached hydrogen (secondary N) is 1. The summed E-state index contributed by atoms with van der Waals surface area (Å²) < 4.78 is 5.04. The van der Waals surface area contributed by atoms with E-state index in [0.29, 0.717) is 17.4 Å². The second-order valence-electron chi connectivity index (χ2n) is 7.91. The molecular weight excluding hydrogens is 350 g/mol. The standard InChI is InChI=1S/C23H29N3O2/c1-3-26-12-10-17(11-13-26)19-8-9-21(20(15-19)18-6-4-5-7-18)24-23(27)22-14-16(2)28-25-22/h6,8-9,14-15,17H,3-5,7,10-13H2,1-2H3,(H,24,27). The maximum atomic E-state index is 12.6. The van der Waals surface area contributed by atoms with E-state index in [1.807, 2.05) is 0 Å². The maximum absolute atomic E-state index is 12.6. The van der Waals surface area contributed by atoms with Crippen molar-refractivity contribution < 1.29 is 9.32 Å². The number of rotatable bonds is 5. The summed E-state index contributed by atoms with van der Waals surface area (Å²) in [5.41, 5.74) is 5.10. The second-order valence-corrected chi connectivity index (χ2v) is 7.91. The molecule has 0 bridgehead atoms. The Balaban J connectivity index is 1.58. The van der Waals surface area contributed by atoms with Crippen molar-refractivity contribution in [3.05, 3.63) is 52.9 Å². The van der Waals surface area contributed by atoms with Crippen molar-refractivity contribution >= 4 is 17.2 Å². The van der Waals surface area contributed by atoms with Gasteiger partial charge in [0.05, 0.1) is 0 Å². The van der Waals surface area contributed by atoms with Crippen molar-refractivity contribution in [2.45, 2.75) is 51.9 Å². The lowest BCUT2D eigenvalue weighted by Gasteiger charge is -2.31. The fourth-order valence-corrected chi connectivity index (χ4v) is 4.35. The molecule has 0 radical (unpaired) electrons. The van der Waals surface area contributed by atoms with E-state index in [-0.39, 0.29) is 5.91 Å². The molecule has 0 saturated carbocycles. The molecule has 1 amide bonds. The molecule has 2 aliphatic rings. The second kappa shape index (κ2) is 8.31. The number of nitrogens with zero attached hydrogens (tertiary/aromatic N) is 2. The topological polar surface area (TPSA) is 58.4 Å². The van der Waals surface area contributed by atoms with Crippen molar-refractivity contribution in [2.24, 2.45) is 0 Å². The average Bonchev–Trinajstić information content (AvgIpc) is 3.40. The van der Waals surface area contributed by atoms with E-state index in [1.165, 1.54) is 49.1 Å². The fourth-order valence-electron chi connectivity index (χ4n) is 4.35. The van der Waals surface area contributed by atoms with Gasteiger partial charge >= 0.3 is 0 Å². The van der Waals surface area contributed by atoms with E-state index in [9.17, 15) is 4.79 Å². The number of anilines is 1. The normalized spacial score (nSPS) is 18.3. The summed E-state index contributed by atoms with van der Waals surface area (Å²) in [6.07, 6.45) is 8.10. The van der Waals surface area contributed by atoms with Crippen LogP contribution in [-0.2, 0) is 0 Å². The first-order valence-corrected chi connectivity index (χ1v) is 10.4. The quantitative estimate of drug-likeness (QED) is 0.794. The van der Waals surface area contributed by atoms with E-state index in [1.54, 1.807) is 13.0 Å². The molecule has 1 aromatic heterocycles. The average molecular weight is 380 g/mol. The summed E-state index contributed by atoms with van der Waals surface area (Å²) in [4.78, 5) is 15.1. The van der Waals surface area contributed by atoms with Crippen LogP contribution in [0.5, 0.6) is 0 Å². The van der Waals surface area contributed by atoms with Gasteiger partial charge in [0.25, 0.3) is 5.91 Å². The molecule has 1 aliphatic carbocycles. The van der Waals surface area contributed by atoms with Gasteiger partial charge < -0.3 is 14.7 Å². The molecule has 28 heavy (non-hydrogen) atoms. The predicted molar refractivity (Wildman–Crippen MR) is 112 cm³/mol. The minimum absolute atomic E-state index is 0.222. The summed E-state index contributed by atoms with van der Waals surface area (Å²) >= 11 is 0. The summed E-state index contributed by atoms with van der Waals surface area (Å²) in [5.74, 6) is 1.02. The van der Waals surface area contributed by atoms with Crippen molar-refractivity contribution in [3.63, 3.8) is 0 Å². The smallest absolute Gasteiger partial charge is 0.277 e. The van der Waals surface area contributed by atoms with Gasteiger partial charge in [-0.25, -0.2) is 0 Å². The van der Waals surface area contributed by atoms with Crippen molar-refractivity contribution in [3.8, 4) is 0 Å². The molecule has 1 N–H and O–H groups in total. The Kier molecular flexibility index (Phi) is 5.62. The highest BCUT2D eigenvalue weighted by Gasteiger charge is 2.22. The Morgan fingerprint density at radius 1 is 1.29 bits per heavy atom. The Labute approximate surface area is 166 Å². The van der Waals surface area contributed by atoms with Crippen LogP contribution in [0, 0.1) is 6.92 Å². The van der Waals surface area contributed by atoms with Crippen LogP contribution in [0.2, 0.25) is 0 Å². The third-order valence-electron chi connectivity index (χ3n) is 6.05. The SMILES string of the molecule is CCN1CCC(c2ccc(NC(=O)c3cc(C)on3)c(C3=CCCC3)c2)CC1. The number of benzene rings is 1. The summed E-state index contributed by atoms with van der Waals surface area (Å²) in [6.45, 7) is 7.50. The molecule has 148 valence electrons. The Hall–Kier alpha value is -2.40. The molecule has 5 nitrogen and oxygen atoms in total. The first kappa shape index (κ1) is 18.9. The molecule has 2 heterocycles. The molecule has 1 aromatic carbocycles. The number of amides is 1. The number of likely N-dealkylation sites (tertiary alicyclic amines) is 1. The molecular formula is C23H29N3O2. The van der Waals surface area contributed by atoms with Crippen LogP contribution in [0.25, 0.3) is 5.57 Å². The highest BCUT2D eigenvalue weighted by molar-refractivity contribution is 6.04. The molecule has 1 fully saturated rings. The van der Waals surface area contributed by atoms with E-state index < -0.39 is 0 Å². The lowest BCUT2D eigenvalue weighted by molar-refractivity contribution is 0.101. The molecule has 0 atom stereocenters. The molecule has 0 unspecified atom stereocenters. The van der Waals surface area contributed by atoms with Gasteiger partial charge in [-0.1, -0.05) is 24.2 Å². The highest BCUT2D eigenvalue weighted by atomic mass is 16.5. The van der Waals surface area contributed by atoms with E-state index in [4.69, 9.17) is 4.52 Å². The maximum Gasteiger partial charge on any atom is 0.277 e. The van der Waals surface area contributed by atoms with Gasteiger partial charge in [-0.2, -0.15) is 0 Å². The number of allylic oxidation sites excluding steroid dienone is 2. The minimum Gasteiger partial charge on any atom is -0.361 e. The van der Waals surface area contributed by atoms with Gasteiger partial charge in [0.15, 0.2) is 5.69 Å². The zero-order chi connectivity index (χ0) is 19.5. The Morgan fingerprint density at radius 2 is 2.11 bits per heavy atom. The summed E-state index contributed by atoms with van der Waals surface area (Å²) in [7, 11) is 0. The Bertz CT molecular complexity index is 876. The first-order chi connectivity index (χ1) is 13.6. The van der Waals surface area contributed by atoms with E-state index in [2.05, 4.69) is 46.6 Å². The molecule has 5 heteroatoms. The molecule has 0 spiro atoms. The van der Waals surface area contributed by atoms with Gasteiger partial charge in [-0.15, -0.1) is 0 Å². The van der Waals surface area contributed by atoms with Crippen LogP contribution in [0.3, 0.4) is 0 Å². The monoisotopic (exact) mass is 379 g/mol. The molecule has 1 saturated heterocycles. The zero-order valence-electron chi connectivity index (χ0n) is 16.8. The number of aryl methyl sites for hydroxylation is 1. The van der Waals surface area contributed by atoms with Gasteiger partial charge in [-0.3, -0.25) is 4.79 Å². The Morgan fingerprint density at radius 3 is 2.75 bits per heavy atom. The number of hydrogen-bond acceptors (Lipinski definition) is 4. The van der Waals surface area contributed by atoms with E-state index >= 15 is 0 Å². The lowest BCUT2D eigenvalue weighted by atomic mass is 9.87. The number of aromatic nitrogens is 1. The molecule has 4 rings (SSSR count). The van der Waals surface area contributed by atoms with Crippen LogP contribution in [-0.4, -0.2) is 35.6 Å². The predicted octanol–water partition coefficient (Wildman–Crippen LogP) is 5.00. The van der Waals surface area contributed by atoms with Crippen molar-refractivity contribution in [1.29, 1.82) is 0 Å². The van der Waals surface area contributed by atoms with Gasteiger partial charge in [0.1, 0.15) is 5.76 Å². The minimum atomic E-state index is -0.222. The van der Waals surface area contributed by atoms with Crippen LogP contribution in [0.1, 0.15) is 72.3 Å². The van der Waals surface area contributed by atoms with Crippen molar-refractivity contribution in [1.82, 2.24) is 10.1 Å². The summed E-state index contributed by atoms with van der Waals surface area (Å²) in [5, 5.41) is 6.89. The molecule has 2 aromatic rings. The third-order valence-corrected chi connectivity index (χ3v) is 6.05. The fraction of sp³-hybridized carbons (Fsp3) is 0.478. The number of hydrogen-bond donors (Lipinski definition) is 1. The number of piperidine rings is 1. The van der Waals surface area contributed by atoms with Crippen LogP contribution in [0.15, 0.2) is 34.9 Å². The molecule has 1 aliphatic heterocycles. The highest BCUT2D eigenvalue weighted by Crippen LogP contribution is 2.37. The van der Waals surface area contributed by atoms with Crippen LogP contribution < -0.4 is 5.32 Å². The number of carbonyl (C=O) groups excluding carboxylic acids is 1. The van der Waals surface area contributed by atoms with Gasteiger partial charge in [0.2, 0.25) is 0 Å². The van der Waals surface area contributed by atoms with Crippen LogP contribution in [0.4, 0.5) is 5.69 Å². The van der Waals surface area contributed by atoms with Crippen LogP contribution >= 0.6 is 0 Å². The largest absolute Gasteiger partial charge is 0.361 e. The third kappa shape index (κ3) is 4.04.